The molecule has 7 rings (SSSR count). The Morgan fingerprint density at radius 2 is 1.73 bits per heavy atom. The number of fused-ring (bicyclic) bond motifs is 8. The summed E-state index contributed by atoms with van der Waals surface area (Å²) in [6.07, 6.45) is 15.7. The molecule has 5 aliphatic carbocycles. The van der Waals surface area contributed by atoms with Crippen molar-refractivity contribution in [3.8, 4) is 0 Å². The van der Waals surface area contributed by atoms with Gasteiger partial charge in [-0.25, -0.2) is 0 Å². The maximum absolute atomic E-state index is 12.9. The minimum atomic E-state index is -0.559. The Morgan fingerprint density at radius 1 is 1.00 bits per heavy atom. The molecular formula is C35H54ClN3O2. The summed E-state index contributed by atoms with van der Waals surface area (Å²) in [5.41, 5.74) is 4.57. The average Bonchev–Trinajstić information content (AvgIpc) is 3.54. The molecule has 2 heterocycles. The van der Waals surface area contributed by atoms with Gasteiger partial charge in [0.25, 0.3) is 0 Å². The number of aliphatic carboxylic acids is 1. The van der Waals surface area contributed by atoms with Crippen LogP contribution in [0.4, 0.5) is 0 Å². The molecule has 228 valence electrons. The zero-order valence-corrected chi connectivity index (χ0v) is 27.4. The minimum absolute atomic E-state index is 0. The number of nitrogens with zero attached hydrogens (tertiary/aromatic N) is 2. The van der Waals surface area contributed by atoms with E-state index >= 15 is 0 Å². The van der Waals surface area contributed by atoms with Crippen LogP contribution in [0.1, 0.15) is 124 Å². The summed E-state index contributed by atoms with van der Waals surface area (Å²) in [6.45, 7) is 19.7. The average molecular weight is 584 g/mol. The van der Waals surface area contributed by atoms with Gasteiger partial charge in [0.2, 0.25) is 0 Å². The number of hydrogen-bond acceptors (Lipinski definition) is 3. The van der Waals surface area contributed by atoms with Crippen molar-refractivity contribution in [1.29, 1.82) is 0 Å². The number of carboxylic acids is 1. The lowest BCUT2D eigenvalue weighted by Crippen LogP contribution is -2.64. The molecule has 4 fully saturated rings. The van der Waals surface area contributed by atoms with Gasteiger partial charge < -0.3 is 10.4 Å². The van der Waals surface area contributed by atoms with Crippen LogP contribution < -0.4 is 5.32 Å². The molecule has 1 aliphatic heterocycles. The van der Waals surface area contributed by atoms with Crippen LogP contribution in [0.5, 0.6) is 0 Å². The van der Waals surface area contributed by atoms with Gasteiger partial charge in [-0.15, -0.1) is 12.4 Å². The highest BCUT2D eigenvalue weighted by atomic mass is 35.5. The lowest BCUT2D eigenvalue weighted by molar-refractivity contribution is -0.177. The maximum Gasteiger partial charge on any atom is 0.310 e. The number of halogens is 1. The number of carbonyl (C=O) groups is 1. The summed E-state index contributed by atoms with van der Waals surface area (Å²) in [5.74, 6) is 0.869. The zero-order chi connectivity index (χ0) is 28.5. The van der Waals surface area contributed by atoms with Crippen LogP contribution in [0.3, 0.4) is 0 Å². The fraction of sp³-hybridized carbons (Fsp3) is 0.829. The summed E-state index contributed by atoms with van der Waals surface area (Å²) in [7, 11) is 0. The van der Waals surface area contributed by atoms with Crippen molar-refractivity contribution in [2.75, 3.05) is 13.1 Å². The molecule has 3 saturated carbocycles. The Balaban J connectivity index is 0.00000302. The molecule has 0 amide bonds. The summed E-state index contributed by atoms with van der Waals surface area (Å²) in [6, 6.07) is 0.483. The second-order valence-electron chi connectivity index (χ2n) is 17.2. The van der Waals surface area contributed by atoms with Gasteiger partial charge in [0.05, 0.1) is 17.2 Å². The van der Waals surface area contributed by atoms with Gasteiger partial charge in [0.15, 0.2) is 0 Å². The van der Waals surface area contributed by atoms with E-state index in [-0.39, 0.29) is 45.4 Å². The Labute approximate surface area is 254 Å². The first-order chi connectivity index (χ1) is 18.7. The predicted octanol–water partition coefficient (Wildman–Crippen LogP) is 7.74. The van der Waals surface area contributed by atoms with E-state index in [1.54, 1.807) is 0 Å². The van der Waals surface area contributed by atoms with Crippen molar-refractivity contribution in [3.05, 3.63) is 29.1 Å². The first-order valence-electron chi connectivity index (χ1n) is 16.4. The highest BCUT2D eigenvalue weighted by molar-refractivity contribution is 5.85. The highest BCUT2D eigenvalue weighted by Gasteiger charge is 2.69. The molecule has 1 aromatic heterocycles. The van der Waals surface area contributed by atoms with Gasteiger partial charge in [0, 0.05) is 18.2 Å². The molecule has 0 aromatic carbocycles. The van der Waals surface area contributed by atoms with E-state index in [2.05, 4.69) is 70.7 Å². The zero-order valence-electron chi connectivity index (χ0n) is 26.6. The molecule has 41 heavy (non-hydrogen) atoms. The first-order valence-corrected chi connectivity index (χ1v) is 16.4. The van der Waals surface area contributed by atoms with Crippen LogP contribution in [0.15, 0.2) is 17.8 Å². The fourth-order valence-electron chi connectivity index (χ4n) is 12.2. The Morgan fingerprint density at radius 3 is 2.41 bits per heavy atom. The lowest BCUT2D eigenvalue weighted by atomic mass is 9.33. The predicted molar refractivity (Wildman–Crippen MR) is 166 cm³/mol. The highest BCUT2D eigenvalue weighted by Crippen LogP contribution is 2.75. The smallest absolute Gasteiger partial charge is 0.310 e. The fourth-order valence-corrected chi connectivity index (χ4v) is 12.2. The SMILES string of the molecule is CC1(C)CC[C@]2(C(=O)O)CC[C@]3(C)C(=CC[C@@H]4[C@@]5(C)Cc6cn(C7CCNC7)nc6C(C)(C)[C@@H]5CC[C@]43C)[C@@H]2C1.Cl. The van der Waals surface area contributed by atoms with Gasteiger partial charge in [-0.3, -0.25) is 9.48 Å². The van der Waals surface area contributed by atoms with Crippen molar-refractivity contribution in [3.63, 3.8) is 0 Å². The number of allylic oxidation sites excluding steroid dienone is 2. The van der Waals surface area contributed by atoms with E-state index in [0.717, 1.165) is 58.0 Å². The van der Waals surface area contributed by atoms with Gasteiger partial charge >= 0.3 is 5.97 Å². The molecule has 2 N–H and O–H groups in total. The topological polar surface area (TPSA) is 67.2 Å². The first kappa shape index (κ1) is 29.7. The van der Waals surface area contributed by atoms with Gasteiger partial charge in [-0.2, -0.15) is 5.10 Å². The summed E-state index contributed by atoms with van der Waals surface area (Å²) < 4.78 is 2.31. The number of aromatic nitrogens is 2. The molecule has 5 nitrogen and oxygen atoms in total. The maximum atomic E-state index is 12.9. The second-order valence-corrected chi connectivity index (χ2v) is 17.2. The standard InChI is InChI=1S/C35H53N3O2.ClH/c1-30(2)13-15-35(29(39)40)16-14-33(6)24(25(35)19-30)8-9-27-32(5)18-22-21-38(23-11-17-36-20-23)37-28(22)31(3,4)26(32)10-12-34(27,33)7;/h8,21,23,25-27,36H,9-20H2,1-7H3,(H,39,40);1H/t23?,25-,26-,27+,32-,33+,34+,35-;/m0./s1. The second kappa shape index (κ2) is 9.10. The van der Waals surface area contributed by atoms with E-state index in [1.807, 2.05) is 0 Å². The van der Waals surface area contributed by atoms with E-state index < -0.39 is 11.4 Å². The van der Waals surface area contributed by atoms with Crippen LogP contribution in [0, 0.1) is 44.8 Å². The Hall–Kier alpha value is -1.33. The third kappa shape index (κ3) is 3.76. The van der Waals surface area contributed by atoms with Crippen molar-refractivity contribution in [2.45, 2.75) is 124 Å². The van der Waals surface area contributed by atoms with Crippen LogP contribution >= 0.6 is 12.4 Å². The number of hydrogen-bond donors (Lipinski definition) is 2. The number of carboxylic acid groups (broad SMARTS) is 1. The molecule has 0 spiro atoms. The molecule has 6 heteroatoms. The molecule has 1 aromatic rings. The molecule has 1 saturated heterocycles. The molecular weight excluding hydrogens is 530 g/mol. The van der Waals surface area contributed by atoms with E-state index in [0.29, 0.717) is 17.9 Å². The molecule has 0 radical (unpaired) electrons. The van der Waals surface area contributed by atoms with Gasteiger partial charge in [-0.05, 0) is 116 Å². The monoisotopic (exact) mass is 583 g/mol. The van der Waals surface area contributed by atoms with E-state index in [1.165, 1.54) is 36.1 Å². The van der Waals surface area contributed by atoms with Crippen LogP contribution in [-0.2, 0) is 16.6 Å². The molecule has 0 bridgehead atoms. The third-order valence-electron chi connectivity index (χ3n) is 14.6. The third-order valence-corrected chi connectivity index (χ3v) is 14.6. The largest absolute Gasteiger partial charge is 0.481 e. The van der Waals surface area contributed by atoms with Crippen molar-refractivity contribution < 1.29 is 9.90 Å². The lowest BCUT2D eigenvalue weighted by Gasteiger charge is -2.70. The summed E-state index contributed by atoms with van der Waals surface area (Å²) in [5, 5.41) is 19.5. The number of nitrogens with one attached hydrogen (secondary N) is 1. The van der Waals surface area contributed by atoms with Gasteiger partial charge in [-0.1, -0.05) is 60.1 Å². The normalized spacial score (nSPS) is 45.6. The van der Waals surface area contributed by atoms with Crippen LogP contribution in [0.25, 0.3) is 0 Å². The molecule has 1 unspecified atom stereocenters. The van der Waals surface area contributed by atoms with E-state index in [9.17, 15) is 9.90 Å². The Bertz CT molecular complexity index is 1280. The van der Waals surface area contributed by atoms with Crippen molar-refractivity contribution in [1.82, 2.24) is 15.1 Å². The molecule has 8 atom stereocenters. The van der Waals surface area contributed by atoms with Gasteiger partial charge in [0.1, 0.15) is 0 Å². The van der Waals surface area contributed by atoms with Crippen molar-refractivity contribution >= 4 is 18.4 Å². The molecule has 6 aliphatic rings. The number of rotatable bonds is 2. The Kier molecular flexibility index (Phi) is 6.60. The van der Waals surface area contributed by atoms with Crippen molar-refractivity contribution in [2.24, 2.45) is 44.8 Å². The van der Waals surface area contributed by atoms with Crippen LogP contribution in [0.2, 0.25) is 0 Å². The summed E-state index contributed by atoms with van der Waals surface area (Å²) in [4.78, 5) is 12.9. The minimum Gasteiger partial charge on any atom is -0.481 e. The van der Waals surface area contributed by atoms with Crippen LogP contribution in [-0.4, -0.2) is 33.9 Å². The van der Waals surface area contributed by atoms with E-state index in [4.69, 9.17) is 5.10 Å². The summed E-state index contributed by atoms with van der Waals surface area (Å²) >= 11 is 0. The quantitative estimate of drug-likeness (QED) is 0.349.